The normalized spacial score (nSPS) is 25.2. The Morgan fingerprint density at radius 1 is 1.12 bits per heavy atom. The van der Waals surface area contributed by atoms with Gasteiger partial charge >= 0.3 is 0 Å². The minimum absolute atomic E-state index is 0.0678. The van der Waals surface area contributed by atoms with E-state index in [1.54, 1.807) is 0 Å². The third-order valence-electron chi connectivity index (χ3n) is 7.45. The Kier molecular flexibility index (Phi) is 9.61. The Hall–Kier alpha value is -0.496. The lowest BCUT2D eigenvalue weighted by atomic mass is 9.71. The van der Waals surface area contributed by atoms with Crippen LogP contribution < -0.4 is 0 Å². The first kappa shape index (κ1) is 29.5. The molecule has 3 atom stereocenters. The van der Waals surface area contributed by atoms with E-state index in [9.17, 15) is 4.79 Å². The summed E-state index contributed by atoms with van der Waals surface area (Å²) in [6.45, 7) is 31.2. The molecule has 0 saturated heterocycles. The fraction of sp³-hybridized carbons (Fsp3) is 0.815. The summed E-state index contributed by atoms with van der Waals surface area (Å²) in [6, 6.07) is 0. The highest BCUT2D eigenvalue weighted by Gasteiger charge is 2.54. The molecule has 0 bridgehead atoms. The quantitative estimate of drug-likeness (QED) is 0.138. The van der Waals surface area contributed by atoms with Gasteiger partial charge in [-0.15, -0.1) is 0 Å². The predicted molar refractivity (Wildman–Crippen MR) is 144 cm³/mol. The number of hydrogen-bond acceptors (Lipinski definition) is 3. The lowest BCUT2D eigenvalue weighted by molar-refractivity contribution is -0.115. The van der Waals surface area contributed by atoms with Crippen LogP contribution in [0.25, 0.3) is 0 Å². The molecule has 1 aliphatic carbocycles. The molecule has 186 valence electrons. The van der Waals surface area contributed by atoms with Crippen molar-refractivity contribution >= 4 is 23.1 Å². The van der Waals surface area contributed by atoms with Gasteiger partial charge in [-0.3, -0.25) is 4.79 Å². The molecule has 1 aliphatic rings. The van der Waals surface area contributed by atoms with Crippen LogP contribution in [0.4, 0.5) is 0 Å². The van der Waals surface area contributed by atoms with Crippen molar-refractivity contribution in [3.8, 4) is 0 Å². The highest BCUT2D eigenvalue weighted by atomic mass is 28.4. The first-order valence-electron chi connectivity index (χ1n) is 12.6. The van der Waals surface area contributed by atoms with Crippen molar-refractivity contribution in [2.24, 2.45) is 11.3 Å². The van der Waals surface area contributed by atoms with Crippen LogP contribution in [0.5, 0.6) is 0 Å². The van der Waals surface area contributed by atoms with E-state index in [4.69, 9.17) is 8.85 Å². The van der Waals surface area contributed by atoms with Gasteiger partial charge in [-0.25, -0.2) is 0 Å². The van der Waals surface area contributed by atoms with E-state index in [2.05, 4.69) is 100 Å². The molecule has 3 unspecified atom stereocenters. The summed E-state index contributed by atoms with van der Waals surface area (Å²) < 4.78 is 13.7. The second-order valence-corrected chi connectivity index (χ2v) is 20.0. The largest absolute Gasteiger partial charge is 0.408 e. The van der Waals surface area contributed by atoms with Crippen LogP contribution in [0.15, 0.2) is 24.3 Å². The van der Waals surface area contributed by atoms with Crippen LogP contribution in [0.1, 0.15) is 87.5 Å². The van der Waals surface area contributed by atoms with Crippen molar-refractivity contribution in [2.45, 2.75) is 130 Å². The van der Waals surface area contributed by atoms with Crippen molar-refractivity contribution in [3.05, 3.63) is 24.3 Å². The number of carbonyl (C=O) groups is 1. The fourth-order valence-electron chi connectivity index (χ4n) is 4.57. The maximum atomic E-state index is 12.9. The Morgan fingerprint density at radius 2 is 1.69 bits per heavy atom. The molecule has 0 spiro atoms. The number of unbranched alkanes of at least 4 members (excludes halogenated alkanes) is 2. The molecule has 32 heavy (non-hydrogen) atoms. The predicted octanol–water partition coefficient (Wildman–Crippen LogP) is 7.83. The van der Waals surface area contributed by atoms with Crippen LogP contribution in [0, 0.1) is 11.3 Å². The van der Waals surface area contributed by atoms with Crippen LogP contribution in [-0.4, -0.2) is 34.3 Å². The number of ketones is 1. The van der Waals surface area contributed by atoms with Crippen molar-refractivity contribution in [1.29, 1.82) is 0 Å². The zero-order valence-electron chi connectivity index (χ0n) is 23.3. The second-order valence-electron chi connectivity index (χ2n) is 12.9. The van der Waals surface area contributed by atoms with Crippen LogP contribution in [0.3, 0.4) is 0 Å². The molecule has 0 aromatic rings. The third kappa shape index (κ3) is 7.00. The zero-order chi connectivity index (χ0) is 25.2. The monoisotopic (exact) mass is 480 g/mol. The van der Waals surface area contributed by atoms with Gasteiger partial charge in [0.25, 0.3) is 0 Å². The van der Waals surface area contributed by atoms with E-state index in [-0.39, 0.29) is 27.8 Å². The van der Waals surface area contributed by atoms with Gasteiger partial charge in [0.05, 0.1) is 5.60 Å². The van der Waals surface area contributed by atoms with Gasteiger partial charge in [0.15, 0.2) is 23.1 Å². The Labute approximate surface area is 202 Å². The van der Waals surface area contributed by atoms with Gasteiger partial charge in [0.1, 0.15) is 5.60 Å². The molecule has 0 amide bonds. The lowest BCUT2D eigenvalue weighted by Crippen LogP contribution is -2.49. The minimum Gasteiger partial charge on any atom is -0.408 e. The molecule has 0 aromatic heterocycles. The van der Waals surface area contributed by atoms with E-state index in [1.807, 2.05) is 0 Å². The smallest absolute Gasteiger partial charge is 0.193 e. The highest BCUT2D eigenvalue weighted by Crippen LogP contribution is 2.51. The molecule has 0 N–H and O–H groups in total. The fourth-order valence-corrected chi connectivity index (χ4v) is 7.37. The van der Waals surface area contributed by atoms with Gasteiger partial charge in [0, 0.05) is 17.9 Å². The SMILES string of the molecule is C=C1C(=O)CC(C(C)(C)C)C1(C=CC(C)(CCCCC)O[Si](C)(C)C(C)(C)C)O[SiH](C)C. The molecule has 1 fully saturated rings. The Balaban J connectivity index is 3.53. The molecule has 0 radical (unpaired) electrons. The Bertz CT molecular complexity index is 697. The lowest BCUT2D eigenvalue weighted by Gasteiger charge is -2.45. The zero-order valence-corrected chi connectivity index (χ0v) is 25.4. The number of hydrogen-bond donors (Lipinski definition) is 0. The summed E-state index contributed by atoms with van der Waals surface area (Å²) in [4.78, 5) is 12.9. The van der Waals surface area contributed by atoms with Crippen molar-refractivity contribution in [3.63, 3.8) is 0 Å². The molecule has 0 heterocycles. The summed E-state index contributed by atoms with van der Waals surface area (Å²) in [5.74, 6) is 0.219. The molecule has 3 nitrogen and oxygen atoms in total. The average molecular weight is 481 g/mol. The van der Waals surface area contributed by atoms with Crippen molar-refractivity contribution < 1.29 is 13.6 Å². The summed E-state index contributed by atoms with van der Waals surface area (Å²) >= 11 is 0. The van der Waals surface area contributed by atoms with Gasteiger partial charge in [-0.05, 0) is 50.0 Å². The minimum atomic E-state index is -1.99. The molecule has 0 aliphatic heterocycles. The molecule has 0 aromatic carbocycles. The van der Waals surface area contributed by atoms with Crippen LogP contribution in [0.2, 0.25) is 31.2 Å². The van der Waals surface area contributed by atoms with E-state index >= 15 is 0 Å². The van der Waals surface area contributed by atoms with Crippen molar-refractivity contribution in [1.82, 2.24) is 0 Å². The van der Waals surface area contributed by atoms with E-state index in [0.717, 1.165) is 12.8 Å². The standard InChI is InChI=1S/C27H52O3Si2/c1-14-15-16-17-26(9,30-32(12,13)25(6,7)8)18-19-27(29-31(10)11)21(2)22(28)20-23(27)24(3,4)5/h18-19,23,31H,2,14-17,20H2,1,3-13H3. The number of carbonyl (C=O) groups excluding carboxylic acids is 1. The van der Waals surface area contributed by atoms with Gasteiger partial charge in [0.2, 0.25) is 0 Å². The molecular weight excluding hydrogens is 428 g/mol. The van der Waals surface area contributed by atoms with E-state index in [0.29, 0.717) is 12.0 Å². The van der Waals surface area contributed by atoms with E-state index in [1.165, 1.54) is 12.8 Å². The molecule has 1 saturated carbocycles. The molecule has 5 heteroatoms. The Morgan fingerprint density at radius 3 is 2.12 bits per heavy atom. The van der Waals surface area contributed by atoms with Gasteiger partial charge in [-0.2, -0.15) is 0 Å². The highest BCUT2D eigenvalue weighted by molar-refractivity contribution is 6.74. The summed E-state index contributed by atoms with van der Waals surface area (Å²) in [6.07, 6.45) is 9.40. The average Bonchev–Trinajstić information content (AvgIpc) is 2.84. The summed E-state index contributed by atoms with van der Waals surface area (Å²) in [7, 11) is -3.44. The third-order valence-corrected chi connectivity index (χ3v) is 12.9. The maximum Gasteiger partial charge on any atom is 0.193 e. The first-order valence-corrected chi connectivity index (χ1v) is 18.3. The molecule has 1 rings (SSSR count). The van der Waals surface area contributed by atoms with E-state index < -0.39 is 23.0 Å². The topological polar surface area (TPSA) is 35.5 Å². The second kappa shape index (κ2) is 10.4. The van der Waals surface area contributed by atoms with Gasteiger partial charge in [-0.1, -0.05) is 86.5 Å². The first-order chi connectivity index (χ1) is 14.3. The molecular formula is C27H52O3Si2. The number of Topliss-reactive ketones (excluding diaryl/α,β-unsaturated/α-hetero) is 1. The van der Waals surface area contributed by atoms with Crippen LogP contribution >= 0.6 is 0 Å². The number of rotatable bonds is 10. The van der Waals surface area contributed by atoms with Crippen LogP contribution in [-0.2, 0) is 13.6 Å². The summed E-state index contributed by atoms with van der Waals surface area (Å²) in [5, 5.41) is 0.132. The van der Waals surface area contributed by atoms with Gasteiger partial charge < -0.3 is 8.85 Å². The summed E-state index contributed by atoms with van der Waals surface area (Å²) in [5.41, 5.74) is -0.556. The maximum absolute atomic E-state index is 12.9. The van der Waals surface area contributed by atoms with Crippen molar-refractivity contribution in [2.75, 3.05) is 0 Å².